The maximum Gasteiger partial charge on any atom is 0.142 e. The van der Waals surface area contributed by atoms with Gasteiger partial charge in [0.1, 0.15) is 5.75 Å². The highest BCUT2D eigenvalue weighted by Gasteiger charge is 2.25. The van der Waals surface area contributed by atoms with Gasteiger partial charge in [-0.2, -0.15) is 0 Å². The molecule has 0 heterocycles. The standard InChI is InChI=1S/C16H28N2O/c1-7-17-15(16(2,3)4)12-18(5)13-10-8-9-11-14(13)19-6/h8-11,15,17H,7,12H2,1-6H3. The molecule has 0 aliphatic heterocycles. The van der Waals surface area contributed by atoms with Crippen LogP contribution in [0.1, 0.15) is 27.7 Å². The van der Waals surface area contributed by atoms with Crippen molar-refractivity contribution >= 4 is 5.69 Å². The molecule has 0 radical (unpaired) electrons. The van der Waals surface area contributed by atoms with Gasteiger partial charge in [-0.3, -0.25) is 0 Å². The average Bonchev–Trinajstić information content (AvgIpc) is 2.37. The predicted octanol–water partition coefficient (Wildman–Crippen LogP) is 3.16. The summed E-state index contributed by atoms with van der Waals surface area (Å²) in [6.45, 7) is 10.9. The van der Waals surface area contributed by atoms with E-state index in [1.807, 2.05) is 18.2 Å². The molecule has 0 aliphatic rings. The van der Waals surface area contributed by atoms with Gasteiger partial charge in [-0.05, 0) is 24.1 Å². The van der Waals surface area contributed by atoms with E-state index in [4.69, 9.17) is 4.74 Å². The molecule has 108 valence electrons. The maximum atomic E-state index is 5.43. The van der Waals surface area contributed by atoms with Gasteiger partial charge in [-0.1, -0.05) is 39.8 Å². The number of methoxy groups -OCH3 is 1. The van der Waals surface area contributed by atoms with Crippen molar-refractivity contribution in [3.8, 4) is 5.75 Å². The third-order valence-corrected chi connectivity index (χ3v) is 3.45. The highest BCUT2D eigenvalue weighted by molar-refractivity contribution is 5.57. The summed E-state index contributed by atoms with van der Waals surface area (Å²) in [5, 5.41) is 3.58. The molecule has 0 aliphatic carbocycles. The van der Waals surface area contributed by atoms with E-state index in [0.29, 0.717) is 6.04 Å². The zero-order valence-electron chi connectivity index (χ0n) is 13.2. The van der Waals surface area contributed by atoms with Gasteiger partial charge in [0.05, 0.1) is 12.8 Å². The summed E-state index contributed by atoms with van der Waals surface area (Å²) >= 11 is 0. The molecule has 0 bridgehead atoms. The Balaban J connectivity index is 2.84. The monoisotopic (exact) mass is 264 g/mol. The molecule has 1 unspecified atom stereocenters. The molecule has 0 saturated carbocycles. The van der Waals surface area contributed by atoms with Crippen LogP contribution in [0.3, 0.4) is 0 Å². The summed E-state index contributed by atoms with van der Waals surface area (Å²) in [5.74, 6) is 0.925. The van der Waals surface area contributed by atoms with E-state index in [1.165, 1.54) is 0 Å². The summed E-state index contributed by atoms with van der Waals surface area (Å²) in [7, 11) is 3.84. The topological polar surface area (TPSA) is 24.5 Å². The number of rotatable bonds is 6. The van der Waals surface area contributed by atoms with Crippen molar-refractivity contribution in [3.05, 3.63) is 24.3 Å². The van der Waals surface area contributed by atoms with Crippen molar-refractivity contribution < 1.29 is 4.74 Å². The van der Waals surface area contributed by atoms with E-state index in [9.17, 15) is 0 Å². The number of hydrogen-bond acceptors (Lipinski definition) is 3. The lowest BCUT2D eigenvalue weighted by molar-refractivity contribution is 0.275. The van der Waals surface area contributed by atoms with E-state index in [-0.39, 0.29) is 5.41 Å². The van der Waals surface area contributed by atoms with Crippen LogP contribution in [0, 0.1) is 5.41 Å². The Morgan fingerprint density at radius 3 is 2.42 bits per heavy atom. The lowest BCUT2D eigenvalue weighted by atomic mass is 9.86. The van der Waals surface area contributed by atoms with Crippen LogP contribution < -0.4 is 15.0 Å². The Bertz CT molecular complexity index is 385. The molecule has 0 saturated heterocycles. The fourth-order valence-electron chi connectivity index (χ4n) is 2.21. The third-order valence-electron chi connectivity index (χ3n) is 3.45. The Hall–Kier alpha value is -1.22. The number of nitrogens with one attached hydrogen (secondary N) is 1. The normalized spacial score (nSPS) is 13.2. The van der Waals surface area contributed by atoms with Crippen LogP contribution in [-0.4, -0.2) is 33.3 Å². The summed E-state index contributed by atoms with van der Waals surface area (Å²) in [5.41, 5.74) is 1.36. The predicted molar refractivity (Wildman–Crippen MR) is 83.2 cm³/mol. The number of para-hydroxylation sites is 2. The van der Waals surface area contributed by atoms with Crippen LogP contribution in [0.15, 0.2) is 24.3 Å². The second kappa shape index (κ2) is 6.80. The van der Waals surface area contributed by atoms with Gasteiger partial charge in [-0.15, -0.1) is 0 Å². The highest BCUT2D eigenvalue weighted by Crippen LogP contribution is 2.28. The number of nitrogens with zero attached hydrogens (tertiary/aromatic N) is 1. The summed E-state index contributed by atoms with van der Waals surface area (Å²) in [6.07, 6.45) is 0. The van der Waals surface area contributed by atoms with E-state index in [0.717, 1.165) is 24.5 Å². The fourth-order valence-corrected chi connectivity index (χ4v) is 2.21. The highest BCUT2D eigenvalue weighted by atomic mass is 16.5. The van der Waals surface area contributed by atoms with E-state index in [2.05, 4.69) is 51.0 Å². The Labute approximate surface area is 118 Å². The second-order valence-electron chi connectivity index (χ2n) is 6.03. The molecule has 0 fully saturated rings. The van der Waals surface area contributed by atoms with Gasteiger partial charge in [0.25, 0.3) is 0 Å². The van der Waals surface area contributed by atoms with Crippen LogP contribution in [0.5, 0.6) is 5.75 Å². The molecule has 0 spiro atoms. The molecule has 3 nitrogen and oxygen atoms in total. The molecule has 1 aromatic rings. The molecule has 0 aromatic heterocycles. The molecule has 0 amide bonds. The van der Waals surface area contributed by atoms with Crippen LogP contribution >= 0.6 is 0 Å². The lowest BCUT2D eigenvalue weighted by Gasteiger charge is -2.35. The van der Waals surface area contributed by atoms with Crippen molar-refractivity contribution in [2.24, 2.45) is 5.41 Å². The van der Waals surface area contributed by atoms with Gasteiger partial charge >= 0.3 is 0 Å². The first-order valence-corrected chi connectivity index (χ1v) is 6.97. The molecular weight excluding hydrogens is 236 g/mol. The molecule has 3 heteroatoms. The first-order valence-electron chi connectivity index (χ1n) is 6.97. The minimum absolute atomic E-state index is 0.228. The van der Waals surface area contributed by atoms with Gasteiger partial charge in [0.15, 0.2) is 0 Å². The van der Waals surface area contributed by atoms with Crippen molar-refractivity contribution in [1.82, 2.24) is 5.32 Å². The quantitative estimate of drug-likeness (QED) is 0.854. The Kier molecular flexibility index (Phi) is 5.67. The zero-order valence-corrected chi connectivity index (χ0v) is 13.2. The number of hydrogen-bond donors (Lipinski definition) is 1. The molecule has 19 heavy (non-hydrogen) atoms. The van der Waals surface area contributed by atoms with Crippen molar-refractivity contribution in [1.29, 1.82) is 0 Å². The van der Waals surface area contributed by atoms with Crippen molar-refractivity contribution in [2.45, 2.75) is 33.7 Å². The Morgan fingerprint density at radius 1 is 1.26 bits per heavy atom. The first kappa shape index (κ1) is 15.8. The van der Waals surface area contributed by atoms with Gasteiger partial charge < -0.3 is 15.0 Å². The van der Waals surface area contributed by atoms with Crippen LogP contribution in [0.25, 0.3) is 0 Å². The average molecular weight is 264 g/mol. The number of likely N-dealkylation sites (N-methyl/N-ethyl adjacent to an activating group) is 2. The summed E-state index contributed by atoms with van der Waals surface area (Å²) in [4.78, 5) is 2.26. The third kappa shape index (κ3) is 4.43. The molecule has 1 atom stereocenters. The number of anilines is 1. The van der Waals surface area contributed by atoms with E-state index >= 15 is 0 Å². The fraction of sp³-hybridized carbons (Fsp3) is 0.625. The number of ether oxygens (including phenoxy) is 1. The lowest BCUT2D eigenvalue weighted by Crippen LogP contribution is -2.47. The minimum Gasteiger partial charge on any atom is -0.495 e. The summed E-state index contributed by atoms with van der Waals surface area (Å²) in [6, 6.07) is 8.60. The SMILES string of the molecule is CCNC(CN(C)c1ccccc1OC)C(C)(C)C. The van der Waals surface area contributed by atoms with Crippen LogP contribution in [-0.2, 0) is 0 Å². The summed E-state index contributed by atoms with van der Waals surface area (Å²) < 4.78 is 5.43. The molecule has 1 aromatic carbocycles. The van der Waals surface area contributed by atoms with Gasteiger partial charge in [-0.25, -0.2) is 0 Å². The largest absolute Gasteiger partial charge is 0.495 e. The van der Waals surface area contributed by atoms with Crippen molar-refractivity contribution in [3.63, 3.8) is 0 Å². The molecule has 1 N–H and O–H groups in total. The van der Waals surface area contributed by atoms with Gasteiger partial charge in [0, 0.05) is 19.6 Å². The minimum atomic E-state index is 0.228. The maximum absolute atomic E-state index is 5.43. The van der Waals surface area contributed by atoms with Crippen molar-refractivity contribution in [2.75, 3.05) is 32.1 Å². The smallest absolute Gasteiger partial charge is 0.142 e. The zero-order chi connectivity index (χ0) is 14.5. The van der Waals surface area contributed by atoms with E-state index < -0.39 is 0 Å². The Morgan fingerprint density at radius 2 is 1.89 bits per heavy atom. The van der Waals surface area contributed by atoms with E-state index in [1.54, 1.807) is 7.11 Å². The molecule has 1 rings (SSSR count). The second-order valence-corrected chi connectivity index (χ2v) is 6.03. The van der Waals surface area contributed by atoms with Crippen LogP contribution in [0.4, 0.5) is 5.69 Å². The van der Waals surface area contributed by atoms with Crippen LogP contribution in [0.2, 0.25) is 0 Å². The number of benzene rings is 1. The molecular formula is C16H28N2O. The first-order chi connectivity index (χ1) is 8.90. The van der Waals surface area contributed by atoms with Gasteiger partial charge in [0.2, 0.25) is 0 Å².